The fourth-order valence-corrected chi connectivity index (χ4v) is 4.68. The average molecular weight is 399 g/mol. The van der Waals surface area contributed by atoms with Crippen LogP contribution in [0.2, 0.25) is 10.0 Å². The molecule has 2 aliphatic rings. The van der Waals surface area contributed by atoms with Gasteiger partial charge in [0.25, 0.3) is 0 Å². The molecule has 1 aliphatic carbocycles. The van der Waals surface area contributed by atoms with Crippen LogP contribution >= 0.6 is 23.2 Å². The van der Waals surface area contributed by atoms with Crippen LogP contribution in [0.15, 0.2) is 18.2 Å². The number of benzene rings is 1. The maximum absolute atomic E-state index is 12.9. The van der Waals surface area contributed by atoms with E-state index >= 15 is 0 Å². The number of nitrogens with zero attached hydrogens (tertiary/aromatic N) is 2. The number of carbonyl (C=O) groups excluding carboxylic acids is 1. The molecule has 1 aromatic carbocycles. The third kappa shape index (κ3) is 4.53. The molecular weight excluding hydrogens is 371 g/mol. The van der Waals surface area contributed by atoms with Gasteiger partial charge in [-0.05, 0) is 62.9 Å². The van der Waals surface area contributed by atoms with E-state index in [1.165, 1.54) is 12.8 Å². The molecule has 1 aromatic rings. The molecule has 0 N–H and O–H groups in total. The molecule has 26 heavy (non-hydrogen) atoms. The van der Waals surface area contributed by atoms with E-state index in [9.17, 15) is 4.79 Å². The summed E-state index contributed by atoms with van der Waals surface area (Å²) in [5.41, 5.74) is 0.902. The lowest BCUT2D eigenvalue weighted by molar-refractivity contribution is -0.134. The highest BCUT2D eigenvalue weighted by atomic mass is 35.5. The minimum absolute atomic E-state index is 0.133. The number of hydrogen-bond acceptors (Lipinski definition) is 3. The van der Waals surface area contributed by atoms with Crippen LogP contribution in [-0.4, -0.2) is 61.1 Å². The van der Waals surface area contributed by atoms with E-state index in [1.54, 1.807) is 19.2 Å². The summed E-state index contributed by atoms with van der Waals surface area (Å²) in [6, 6.07) is 6.05. The molecule has 0 bridgehead atoms. The molecule has 1 heterocycles. The molecule has 3 unspecified atom stereocenters. The second-order valence-corrected chi connectivity index (χ2v) is 8.29. The second-order valence-electron chi connectivity index (χ2n) is 7.48. The van der Waals surface area contributed by atoms with Crippen LogP contribution in [0.4, 0.5) is 0 Å². The molecule has 144 valence electrons. The van der Waals surface area contributed by atoms with Crippen LogP contribution in [0.5, 0.6) is 0 Å². The number of rotatable bonds is 5. The van der Waals surface area contributed by atoms with Crippen LogP contribution in [-0.2, 0) is 16.0 Å². The van der Waals surface area contributed by atoms with Gasteiger partial charge < -0.3 is 9.64 Å². The molecular formula is C20H28Cl2N2O2. The molecule has 1 amide bonds. The summed E-state index contributed by atoms with van der Waals surface area (Å²) < 4.78 is 5.63. The molecule has 3 atom stereocenters. The van der Waals surface area contributed by atoms with Crippen molar-refractivity contribution >= 4 is 29.1 Å². The van der Waals surface area contributed by atoms with Gasteiger partial charge in [0.15, 0.2) is 0 Å². The zero-order chi connectivity index (χ0) is 18.7. The lowest BCUT2D eigenvalue weighted by Crippen LogP contribution is -2.55. The zero-order valence-corrected chi connectivity index (χ0v) is 17.1. The normalized spacial score (nSPS) is 26.8. The quantitative estimate of drug-likeness (QED) is 0.750. The van der Waals surface area contributed by atoms with Gasteiger partial charge in [-0.3, -0.25) is 9.69 Å². The highest BCUT2D eigenvalue weighted by Gasteiger charge is 2.38. The Balaban J connectivity index is 1.69. The van der Waals surface area contributed by atoms with Gasteiger partial charge in [-0.1, -0.05) is 29.3 Å². The lowest BCUT2D eigenvalue weighted by Gasteiger charge is -2.44. The Labute approximate surface area is 166 Å². The van der Waals surface area contributed by atoms with Gasteiger partial charge in [-0.2, -0.15) is 0 Å². The van der Waals surface area contributed by atoms with Crippen molar-refractivity contribution in [2.45, 2.75) is 56.7 Å². The fraction of sp³-hybridized carbons (Fsp3) is 0.650. The van der Waals surface area contributed by atoms with Crippen LogP contribution in [0, 0.1) is 0 Å². The molecule has 1 aliphatic heterocycles. The number of amides is 1. The van der Waals surface area contributed by atoms with Gasteiger partial charge in [0, 0.05) is 26.2 Å². The molecule has 1 saturated heterocycles. The summed E-state index contributed by atoms with van der Waals surface area (Å²) in [6.45, 7) is 2.26. The molecule has 4 nitrogen and oxygen atoms in total. The van der Waals surface area contributed by atoms with Gasteiger partial charge in [0.05, 0.1) is 22.6 Å². The molecule has 0 aromatic heterocycles. The minimum atomic E-state index is 0.133. The van der Waals surface area contributed by atoms with Crippen molar-refractivity contribution in [3.8, 4) is 0 Å². The summed E-state index contributed by atoms with van der Waals surface area (Å²) in [4.78, 5) is 17.4. The maximum atomic E-state index is 12.9. The van der Waals surface area contributed by atoms with E-state index in [4.69, 9.17) is 27.9 Å². The Hall–Kier alpha value is -0.810. The van der Waals surface area contributed by atoms with Crippen LogP contribution < -0.4 is 0 Å². The molecule has 2 fully saturated rings. The summed E-state index contributed by atoms with van der Waals surface area (Å²) >= 11 is 12.1. The number of halogens is 2. The summed E-state index contributed by atoms with van der Waals surface area (Å²) in [6.07, 6.45) is 6.16. The number of likely N-dealkylation sites (tertiary alicyclic amines) is 1. The number of likely N-dealkylation sites (N-methyl/N-ethyl adjacent to an activating group) is 1. The standard InChI is InChI=1S/C20H28Cl2N2O2/c1-23(20(25)12-14-5-7-16(21)17(22)11-14)18-8-6-15(26-2)13-19(18)24-9-3-4-10-24/h5,7,11,15,18-19H,3-4,6,8-10,12-13H2,1-2H3. The average Bonchev–Trinajstić information content (AvgIpc) is 3.18. The van der Waals surface area contributed by atoms with E-state index < -0.39 is 0 Å². The van der Waals surface area contributed by atoms with Crippen molar-refractivity contribution in [2.75, 3.05) is 27.2 Å². The van der Waals surface area contributed by atoms with Crippen LogP contribution in [0.1, 0.15) is 37.7 Å². The number of hydrogen-bond donors (Lipinski definition) is 0. The first-order valence-electron chi connectivity index (χ1n) is 9.46. The minimum Gasteiger partial charge on any atom is -0.381 e. The Kier molecular flexibility index (Phi) is 6.84. The fourth-order valence-electron chi connectivity index (χ4n) is 4.36. The van der Waals surface area contributed by atoms with Gasteiger partial charge >= 0.3 is 0 Å². The summed E-state index contributed by atoms with van der Waals surface area (Å²) in [5, 5.41) is 1.01. The number of carbonyl (C=O) groups is 1. The van der Waals surface area contributed by atoms with Gasteiger partial charge in [0.2, 0.25) is 5.91 Å². The molecule has 6 heteroatoms. The maximum Gasteiger partial charge on any atom is 0.227 e. The second kappa shape index (κ2) is 8.92. The Morgan fingerprint density at radius 2 is 1.96 bits per heavy atom. The first kappa shape index (κ1) is 19.9. The van der Waals surface area contributed by atoms with E-state index in [1.807, 2.05) is 18.0 Å². The number of ether oxygens (including phenoxy) is 1. The molecule has 3 rings (SSSR count). The van der Waals surface area contributed by atoms with Crippen molar-refractivity contribution in [2.24, 2.45) is 0 Å². The number of methoxy groups -OCH3 is 1. The topological polar surface area (TPSA) is 32.8 Å². The predicted octanol–water partition coefficient (Wildman–Crippen LogP) is 4.03. The zero-order valence-electron chi connectivity index (χ0n) is 15.6. The molecule has 1 saturated carbocycles. The first-order chi connectivity index (χ1) is 12.5. The highest BCUT2D eigenvalue weighted by molar-refractivity contribution is 6.42. The van der Waals surface area contributed by atoms with Crippen molar-refractivity contribution < 1.29 is 9.53 Å². The lowest BCUT2D eigenvalue weighted by atomic mass is 9.86. The first-order valence-corrected chi connectivity index (χ1v) is 10.2. The van der Waals surface area contributed by atoms with E-state index in [0.717, 1.165) is 37.9 Å². The van der Waals surface area contributed by atoms with Crippen molar-refractivity contribution in [1.82, 2.24) is 9.80 Å². The molecule has 0 radical (unpaired) electrons. The highest BCUT2D eigenvalue weighted by Crippen LogP contribution is 2.31. The SMILES string of the molecule is COC1CCC(N(C)C(=O)Cc2ccc(Cl)c(Cl)c2)C(N2CCCC2)C1. The van der Waals surface area contributed by atoms with Gasteiger partial charge in [0.1, 0.15) is 0 Å². The Morgan fingerprint density at radius 3 is 2.62 bits per heavy atom. The smallest absolute Gasteiger partial charge is 0.227 e. The Bertz CT molecular complexity index is 634. The van der Waals surface area contributed by atoms with Crippen molar-refractivity contribution in [3.63, 3.8) is 0 Å². The van der Waals surface area contributed by atoms with Crippen LogP contribution in [0.25, 0.3) is 0 Å². The third-order valence-electron chi connectivity index (χ3n) is 5.91. The molecule has 0 spiro atoms. The summed E-state index contributed by atoms with van der Waals surface area (Å²) in [7, 11) is 3.74. The monoisotopic (exact) mass is 398 g/mol. The van der Waals surface area contributed by atoms with Gasteiger partial charge in [-0.15, -0.1) is 0 Å². The predicted molar refractivity (Wildman–Crippen MR) is 106 cm³/mol. The van der Waals surface area contributed by atoms with E-state index in [0.29, 0.717) is 28.6 Å². The van der Waals surface area contributed by atoms with Crippen LogP contribution in [0.3, 0.4) is 0 Å². The van der Waals surface area contributed by atoms with E-state index in [-0.39, 0.29) is 11.9 Å². The van der Waals surface area contributed by atoms with E-state index in [2.05, 4.69) is 4.90 Å². The summed E-state index contributed by atoms with van der Waals surface area (Å²) in [5.74, 6) is 0.133. The van der Waals surface area contributed by atoms with Crippen molar-refractivity contribution in [1.29, 1.82) is 0 Å². The van der Waals surface area contributed by atoms with Crippen molar-refractivity contribution in [3.05, 3.63) is 33.8 Å². The Morgan fingerprint density at radius 1 is 1.23 bits per heavy atom. The third-order valence-corrected chi connectivity index (χ3v) is 6.65. The van der Waals surface area contributed by atoms with Gasteiger partial charge in [-0.25, -0.2) is 0 Å². The largest absolute Gasteiger partial charge is 0.381 e.